The number of cyclic esters (lactones) is 1. The molecule has 1 saturated heterocycles. The van der Waals surface area contributed by atoms with Gasteiger partial charge in [0.15, 0.2) is 0 Å². The molecule has 0 spiro atoms. The molecule has 1 unspecified atom stereocenters. The van der Waals surface area contributed by atoms with Crippen LogP contribution in [-0.4, -0.2) is 35.4 Å². The number of nitrogens with zero attached hydrogens (tertiary/aromatic N) is 1. The maximum atomic E-state index is 11.6. The minimum Gasteiger partial charge on any atom is -0.447 e. The fraction of sp³-hybridized carbons (Fsp3) is 0.235. The zero-order valence-corrected chi connectivity index (χ0v) is 11.6. The van der Waals surface area contributed by atoms with Crippen molar-refractivity contribution in [3.63, 3.8) is 0 Å². The molecule has 0 aromatic heterocycles. The summed E-state index contributed by atoms with van der Waals surface area (Å²) in [6.45, 7) is 0.643. The molecule has 0 saturated carbocycles. The second kappa shape index (κ2) is 5.97. The Kier molecular flexibility index (Phi) is 3.88. The molecule has 3 rings (SSSR count). The Labute approximate surface area is 123 Å². The van der Waals surface area contributed by atoms with Crippen LogP contribution in [-0.2, 0) is 11.3 Å². The van der Waals surface area contributed by atoms with E-state index in [1.807, 2.05) is 42.5 Å². The quantitative estimate of drug-likeness (QED) is 0.938. The van der Waals surface area contributed by atoms with Gasteiger partial charge in [0, 0.05) is 6.54 Å². The Morgan fingerprint density at radius 2 is 1.71 bits per heavy atom. The summed E-state index contributed by atoms with van der Waals surface area (Å²) in [5.41, 5.74) is 3.33. The van der Waals surface area contributed by atoms with Crippen molar-refractivity contribution in [2.75, 3.05) is 13.2 Å². The first-order chi connectivity index (χ1) is 10.3. The Bertz CT molecular complexity index is 610. The topological polar surface area (TPSA) is 49.8 Å². The third kappa shape index (κ3) is 2.90. The molecule has 108 valence electrons. The van der Waals surface area contributed by atoms with E-state index in [4.69, 9.17) is 4.74 Å². The summed E-state index contributed by atoms with van der Waals surface area (Å²) in [6, 6.07) is 18.0. The van der Waals surface area contributed by atoms with E-state index in [0.29, 0.717) is 6.54 Å². The van der Waals surface area contributed by atoms with E-state index in [2.05, 4.69) is 12.1 Å². The first-order valence-corrected chi connectivity index (χ1v) is 6.96. The number of carbonyl (C=O) groups is 1. The van der Waals surface area contributed by atoms with E-state index >= 15 is 0 Å². The minimum atomic E-state index is -0.360. The predicted molar refractivity (Wildman–Crippen MR) is 79.6 cm³/mol. The van der Waals surface area contributed by atoms with Crippen molar-refractivity contribution in [1.82, 2.24) is 4.90 Å². The highest BCUT2D eigenvalue weighted by molar-refractivity contribution is 5.70. The fourth-order valence-corrected chi connectivity index (χ4v) is 2.46. The highest BCUT2D eigenvalue weighted by Crippen LogP contribution is 2.21. The number of hydrogen-bond acceptors (Lipinski definition) is 3. The average molecular weight is 283 g/mol. The van der Waals surface area contributed by atoms with Gasteiger partial charge in [-0.15, -0.1) is 0 Å². The number of aliphatic hydroxyl groups is 1. The van der Waals surface area contributed by atoms with Gasteiger partial charge >= 0.3 is 6.09 Å². The van der Waals surface area contributed by atoms with Crippen molar-refractivity contribution in [1.29, 1.82) is 0 Å². The zero-order valence-electron chi connectivity index (χ0n) is 11.6. The molecule has 1 aliphatic heterocycles. The first-order valence-electron chi connectivity index (χ1n) is 6.96. The second-order valence-corrected chi connectivity index (χ2v) is 5.10. The van der Waals surface area contributed by atoms with Crippen LogP contribution in [0.3, 0.4) is 0 Å². The lowest BCUT2D eigenvalue weighted by Crippen LogP contribution is -2.35. The van der Waals surface area contributed by atoms with Gasteiger partial charge in [0.2, 0.25) is 0 Å². The van der Waals surface area contributed by atoms with E-state index in [-0.39, 0.29) is 25.3 Å². The first kappa shape index (κ1) is 13.6. The SMILES string of the molecule is O=C1OCC(CO)N1Cc1ccc(-c2ccccc2)cc1. The summed E-state index contributed by atoms with van der Waals surface area (Å²) < 4.78 is 4.96. The Balaban J connectivity index is 1.74. The maximum absolute atomic E-state index is 11.6. The van der Waals surface area contributed by atoms with Gasteiger partial charge in [0.05, 0.1) is 12.6 Å². The highest BCUT2D eigenvalue weighted by Gasteiger charge is 2.32. The number of rotatable bonds is 4. The van der Waals surface area contributed by atoms with Gasteiger partial charge in [-0.1, -0.05) is 54.6 Å². The molecule has 2 aromatic rings. The van der Waals surface area contributed by atoms with Gasteiger partial charge in [0.1, 0.15) is 6.61 Å². The summed E-state index contributed by atoms with van der Waals surface area (Å²) in [4.78, 5) is 13.2. The third-order valence-corrected chi connectivity index (χ3v) is 3.70. The predicted octanol–water partition coefficient (Wildman–Crippen LogP) is 2.67. The summed E-state index contributed by atoms with van der Waals surface area (Å²) >= 11 is 0. The van der Waals surface area contributed by atoms with Gasteiger partial charge < -0.3 is 9.84 Å². The molecule has 0 bridgehead atoms. The fourth-order valence-electron chi connectivity index (χ4n) is 2.46. The molecule has 1 amide bonds. The number of hydrogen-bond donors (Lipinski definition) is 1. The molecule has 4 heteroatoms. The van der Waals surface area contributed by atoms with Crippen LogP contribution in [0.1, 0.15) is 5.56 Å². The van der Waals surface area contributed by atoms with Crippen LogP contribution in [0.15, 0.2) is 54.6 Å². The lowest BCUT2D eigenvalue weighted by Gasteiger charge is -2.19. The standard InChI is InChI=1S/C17H17NO3/c19-11-16-12-21-17(20)18(16)10-13-6-8-15(9-7-13)14-4-2-1-3-5-14/h1-9,16,19H,10-12H2. The Morgan fingerprint density at radius 1 is 1.05 bits per heavy atom. The van der Waals surface area contributed by atoms with E-state index in [0.717, 1.165) is 16.7 Å². The van der Waals surface area contributed by atoms with E-state index in [1.165, 1.54) is 0 Å². The summed E-state index contributed by atoms with van der Waals surface area (Å²) in [5.74, 6) is 0. The largest absolute Gasteiger partial charge is 0.447 e. The van der Waals surface area contributed by atoms with Crippen molar-refractivity contribution >= 4 is 6.09 Å². The normalized spacial score (nSPS) is 17.9. The third-order valence-electron chi connectivity index (χ3n) is 3.70. The molecular formula is C17H17NO3. The Hall–Kier alpha value is -2.33. The number of ether oxygens (including phenoxy) is 1. The van der Waals surface area contributed by atoms with Gasteiger partial charge in [0.25, 0.3) is 0 Å². The van der Waals surface area contributed by atoms with E-state index in [9.17, 15) is 9.90 Å². The highest BCUT2D eigenvalue weighted by atomic mass is 16.6. The number of benzene rings is 2. The molecule has 1 N–H and O–H groups in total. The molecule has 1 aliphatic rings. The summed E-state index contributed by atoms with van der Waals surface area (Å²) in [5, 5.41) is 9.25. The van der Waals surface area contributed by atoms with Gasteiger partial charge in [-0.3, -0.25) is 4.90 Å². The second-order valence-electron chi connectivity index (χ2n) is 5.10. The monoisotopic (exact) mass is 283 g/mol. The molecule has 0 aliphatic carbocycles. The number of aliphatic hydroxyl groups excluding tert-OH is 1. The number of carbonyl (C=O) groups excluding carboxylic acids is 1. The molecule has 4 nitrogen and oxygen atoms in total. The number of amides is 1. The molecule has 21 heavy (non-hydrogen) atoms. The van der Waals surface area contributed by atoms with Crippen LogP contribution in [0.2, 0.25) is 0 Å². The molecule has 0 radical (unpaired) electrons. The summed E-state index contributed by atoms with van der Waals surface area (Å²) in [7, 11) is 0. The summed E-state index contributed by atoms with van der Waals surface area (Å²) in [6.07, 6.45) is -0.360. The minimum absolute atomic E-state index is 0.0756. The van der Waals surface area contributed by atoms with Crippen molar-refractivity contribution in [2.24, 2.45) is 0 Å². The Morgan fingerprint density at radius 3 is 2.38 bits per heavy atom. The molecule has 1 fully saturated rings. The van der Waals surface area contributed by atoms with Gasteiger partial charge in [-0.25, -0.2) is 4.79 Å². The molecule has 1 heterocycles. The van der Waals surface area contributed by atoms with Crippen LogP contribution in [0.5, 0.6) is 0 Å². The van der Waals surface area contributed by atoms with Crippen LogP contribution in [0.4, 0.5) is 4.79 Å². The van der Waals surface area contributed by atoms with Gasteiger partial charge in [-0.2, -0.15) is 0 Å². The van der Waals surface area contributed by atoms with E-state index < -0.39 is 0 Å². The lowest BCUT2D eigenvalue weighted by molar-refractivity contribution is 0.151. The van der Waals surface area contributed by atoms with E-state index in [1.54, 1.807) is 4.90 Å². The zero-order chi connectivity index (χ0) is 14.7. The molecular weight excluding hydrogens is 266 g/mol. The van der Waals surface area contributed by atoms with Crippen LogP contribution in [0, 0.1) is 0 Å². The van der Waals surface area contributed by atoms with Crippen molar-refractivity contribution in [3.8, 4) is 11.1 Å². The molecule has 1 atom stereocenters. The van der Waals surface area contributed by atoms with Crippen LogP contribution in [0.25, 0.3) is 11.1 Å². The van der Waals surface area contributed by atoms with Crippen molar-refractivity contribution in [3.05, 3.63) is 60.2 Å². The maximum Gasteiger partial charge on any atom is 0.410 e. The van der Waals surface area contributed by atoms with Gasteiger partial charge in [-0.05, 0) is 16.7 Å². The smallest absolute Gasteiger partial charge is 0.410 e. The lowest BCUT2D eigenvalue weighted by atomic mass is 10.0. The van der Waals surface area contributed by atoms with Crippen LogP contribution < -0.4 is 0 Å². The van der Waals surface area contributed by atoms with Crippen molar-refractivity contribution in [2.45, 2.75) is 12.6 Å². The van der Waals surface area contributed by atoms with Crippen molar-refractivity contribution < 1.29 is 14.6 Å². The average Bonchev–Trinajstić information content (AvgIpc) is 2.89. The molecule has 2 aromatic carbocycles. The van der Waals surface area contributed by atoms with Crippen LogP contribution >= 0.6 is 0 Å².